The fraction of sp³-hybridized carbons (Fsp3) is 0.316. The molecule has 0 saturated carbocycles. The van der Waals surface area contributed by atoms with E-state index in [2.05, 4.69) is 22.8 Å². The third-order valence-corrected chi connectivity index (χ3v) is 4.41. The number of aliphatic hydroxyl groups excluding tert-OH is 1. The summed E-state index contributed by atoms with van der Waals surface area (Å²) in [6.07, 6.45) is -0.00123. The van der Waals surface area contributed by atoms with Crippen molar-refractivity contribution in [3.05, 3.63) is 70.8 Å². The maximum absolute atomic E-state index is 12.3. The third kappa shape index (κ3) is 3.60. The highest BCUT2D eigenvalue weighted by molar-refractivity contribution is 5.82. The first-order valence-electron chi connectivity index (χ1n) is 7.96. The second kappa shape index (κ2) is 6.94. The van der Waals surface area contributed by atoms with Gasteiger partial charge in [0.1, 0.15) is 0 Å². The number of carbonyl (C=O) groups excluding carboxylic acids is 1. The van der Waals surface area contributed by atoms with Gasteiger partial charge in [0.2, 0.25) is 5.91 Å². The number of carbonyl (C=O) groups is 1. The minimum atomic E-state index is -0.684. The van der Waals surface area contributed by atoms with Crippen LogP contribution in [0.2, 0.25) is 0 Å². The number of benzene rings is 2. The molecule has 0 bridgehead atoms. The molecular weight excluding hydrogens is 288 g/mol. The smallest absolute Gasteiger partial charge is 0.237 e. The van der Waals surface area contributed by atoms with Crippen LogP contribution >= 0.6 is 0 Å². The summed E-state index contributed by atoms with van der Waals surface area (Å²) in [4.78, 5) is 12.3. The summed E-state index contributed by atoms with van der Waals surface area (Å²) in [7, 11) is 0. The number of amides is 1. The van der Waals surface area contributed by atoms with Gasteiger partial charge in [-0.05, 0) is 35.6 Å². The molecule has 4 nitrogen and oxygen atoms in total. The Bertz CT molecular complexity index is 699. The van der Waals surface area contributed by atoms with E-state index in [1.807, 2.05) is 43.3 Å². The lowest BCUT2D eigenvalue weighted by atomic mass is 9.95. The van der Waals surface area contributed by atoms with Crippen LogP contribution in [0.3, 0.4) is 0 Å². The molecule has 0 radical (unpaired) electrons. The van der Waals surface area contributed by atoms with Crippen LogP contribution in [0.25, 0.3) is 0 Å². The van der Waals surface area contributed by atoms with Crippen LogP contribution in [0.4, 0.5) is 0 Å². The number of hydrogen-bond acceptors (Lipinski definition) is 3. The van der Waals surface area contributed by atoms with Crippen LogP contribution in [0.1, 0.15) is 28.4 Å². The molecule has 4 heteroatoms. The van der Waals surface area contributed by atoms with Gasteiger partial charge in [-0.2, -0.15) is 0 Å². The molecule has 2 aromatic carbocycles. The fourth-order valence-corrected chi connectivity index (χ4v) is 3.03. The number of aliphatic hydroxyl groups is 1. The zero-order valence-electron chi connectivity index (χ0n) is 13.3. The van der Waals surface area contributed by atoms with Gasteiger partial charge >= 0.3 is 0 Å². The molecule has 23 heavy (non-hydrogen) atoms. The van der Waals surface area contributed by atoms with E-state index in [1.165, 1.54) is 11.1 Å². The number of fused-ring (bicyclic) bond motifs is 1. The molecule has 3 N–H and O–H groups in total. The van der Waals surface area contributed by atoms with Crippen molar-refractivity contribution in [2.45, 2.75) is 32.0 Å². The molecule has 1 aliphatic rings. The van der Waals surface area contributed by atoms with Crippen LogP contribution < -0.4 is 10.6 Å². The molecule has 1 heterocycles. The summed E-state index contributed by atoms with van der Waals surface area (Å²) in [6, 6.07) is 15.6. The van der Waals surface area contributed by atoms with E-state index < -0.39 is 6.10 Å². The second-order valence-corrected chi connectivity index (χ2v) is 6.02. The summed E-state index contributed by atoms with van der Waals surface area (Å²) in [5.41, 5.74) is 4.34. The zero-order valence-corrected chi connectivity index (χ0v) is 13.3. The van der Waals surface area contributed by atoms with Gasteiger partial charge in [-0.1, -0.05) is 48.5 Å². The van der Waals surface area contributed by atoms with Crippen LogP contribution in [0.15, 0.2) is 48.5 Å². The van der Waals surface area contributed by atoms with Gasteiger partial charge in [-0.3, -0.25) is 4.79 Å². The van der Waals surface area contributed by atoms with Crippen molar-refractivity contribution in [3.8, 4) is 0 Å². The van der Waals surface area contributed by atoms with Crippen LogP contribution in [-0.2, 0) is 17.8 Å². The van der Waals surface area contributed by atoms with Crippen molar-refractivity contribution in [2.75, 3.05) is 6.54 Å². The minimum Gasteiger partial charge on any atom is -0.387 e. The normalized spacial score (nSPS) is 18.1. The van der Waals surface area contributed by atoms with E-state index in [-0.39, 0.29) is 18.5 Å². The summed E-state index contributed by atoms with van der Waals surface area (Å²) in [5.74, 6) is -0.0628. The maximum atomic E-state index is 12.3. The Morgan fingerprint density at radius 2 is 1.91 bits per heavy atom. The summed E-state index contributed by atoms with van der Waals surface area (Å²) in [6.45, 7) is 2.89. The predicted molar refractivity (Wildman–Crippen MR) is 89.9 cm³/mol. The standard InChI is InChI=1S/C19H22N2O2/c1-13-6-2-5-9-16(13)18(22)12-21-19(23)17-10-14-7-3-4-8-15(14)11-20-17/h2-9,17-18,20,22H,10-12H2,1H3,(H,21,23)/t17-,18-/m0/s1. The largest absolute Gasteiger partial charge is 0.387 e. The molecule has 2 aromatic rings. The molecule has 0 aromatic heterocycles. The van der Waals surface area contributed by atoms with Crippen molar-refractivity contribution < 1.29 is 9.90 Å². The van der Waals surface area contributed by atoms with Crippen LogP contribution in [0.5, 0.6) is 0 Å². The quantitative estimate of drug-likeness (QED) is 0.808. The first kappa shape index (κ1) is 15.7. The second-order valence-electron chi connectivity index (χ2n) is 6.02. The van der Waals surface area contributed by atoms with E-state index in [0.717, 1.165) is 11.1 Å². The van der Waals surface area contributed by atoms with Crippen molar-refractivity contribution >= 4 is 5.91 Å². The fourth-order valence-electron chi connectivity index (χ4n) is 3.03. The van der Waals surface area contributed by atoms with E-state index in [4.69, 9.17) is 0 Å². The van der Waals surface area contributed by atoms with E-state index in [1.54, 1.807) is 0 Å². The molecule has 0 aliphatic carbocycles. The summed E-state index contributed by atoms with van der Waals surface area (Å²) in [5, 5.41) is 16.4. The van der Waals surface area contributed by atoms with Gasteiger partial charge in [0.25, 0.3) is 0 Å². The van der Waals surface area contributed by atoms with Gasteiger partial charge in [0.05, 0.1) is 12.1 Å². The zero-order chi connectivity index (χ0) is 16.2. The van der Waals surface area contributed by atoms with Crippen molar-refractivity contribution in [3.63, 3.8) is 0 Å². The molecule has 0 unspecified atom stereocenters. The van der Waals surface area contributed by atoms with Gasteiger partial charge in [-0.25, -0.2) is 0 Å². The number of rotatable bonds is 4. The molecule has 1 amide bonds. The molecule has 3 rings (SSSR count). The van der Waals surface area contributed by atoms with Crippen molar-refractivity contribution in [2.24, 2.45) is 0 Å². The van der Waals surface area contributed by atoms with E-state index >= 15 is 0 Å². The van der Waals surface area contributed by atoms with Gasteiger partial charge in [-0.15, -0.1) is 0 Å². The molecule has 1 aliphatic heterocycles. The maximum Gasteiger partial charge on any atom is 0.237 e. The van der Waals surface area contributed by atoms with E-state index in [0.29, 0.717) is 13.0 Å². The SMILES string of the molecule is Cc1ccccc1[C@@H](O)CNC(=O)[C@@H]1Cc2ccccc2CN1. The van der Waals surface area contributed by atoms with Gasteiger partial charge in [0, 0.05) is 13.1 Å². The highest BCUT2D eigenvalue weighted by atomic mass is 16.3. The first-order chi connectivity index (χ1) is 11.1. The Balaban J connectivity index is 1.57. The predicted octanol–water partition coefficient (Wildman–Crippen LogP) is 1.86. The lowest BCUT2D eigenvalue weighted by molar-refractivity contribution is -0.123. The Morgan fingerprint density at radius 3 is 2.70 bits per heavy atom. The van der Waals surface area contributed by atoms with Crippen molar-refractivity contribution in [1.29, 1.82) is 0 Å². The number of nitrogens with one attached hydrogen (secondary N) is 2. The van der Waals surface area contributed by atoms with Crippen molar-refractivity contribution in [1.82, 2.24) is 10.6 Å². The Kier molecular flexibility index (Phi) is 4.74. The number of hydrogen-bond donors (Lipinski definition) is 3. The molecule has 120 valence electrons. The summed E-state index contributed by atoms with van der Waals surface area (Å²) >= 11 is 0. The molecule has 0 saturated heterocycles. The first-order valence-corrected chi connectivity index (χ1v) is 7.96. The molecule has 0 fully saturated rings. The molecule has 0 spiro atoms. The highest BCUT2D eigenvalue weighted by Gasteiger charge is 2.24. The Hall–Kier alpha value is -2.17. The Labute approximate surface area is 136 Å². The topological polar surface area (TPSA) is 61.4 Å². The average molecular weight is 310 g/mol. The summed E-state index contributed by atoms with van der Waals surface area (Å²) < 4.78 is 0. The minimum absolute atomic E-state index is 0.0628. The van der Waals surface area contributed by atoms with Gasteiger partial charge < -0.3 is 15.7 Å². The lowest BCUT2D eigenvalue weighted by Crippen LogP contribution is -2.48. The number of aryl methyl sites for hydroxylation is 1. The van der Waals surface area contributed by atoms with Crippen LogP contribution in [-0.4, -0.2) is 23.6 Å². The van der Waals surface area contributed by atoms with E-state index in [9.17, 15) is 9.90 Å². The highest BCUT2D eigenvalue weighted by Crippen LogP contribution is 2.18. The van der Waals surface area contributed by atoms with Crippen LogP contribution in [0, 0.1) is 6.92 Å². The Morgan fingerprint density at radius 1 is 1.22 bits per heavy atom. The lowest BCUT2D eigenvalue weighted by Gasteiger charge is -2.26. The monoisotopic (exact) mass is 310 g/mol. The molecule has 2 atom stereocenters. The molecular formula is C19H22N2O2. The third-order valence-electron chi connectivity index (χ3n) is 4.41. The average Bonchev–Trinajstić information content (AvgIpc) is 2.59. The van der Waals surface area contributed by atoms with Gasteiger partial charge in [0.15, 0.2) is 0 Å².